The largest absolute Gasteiger partial charge is 0.480 e. The van der Waals surface area contributed by atoms with Crippen LogP contribution in [0.3, 0.4) is 0 Å². The minimum absolute atomic E-state index is 0.0890. The monoisotopic (exact) mass is 235 g/mol. The Morgan fingerprint density at radius 3 is 2.82 bits per heavy atom. The number of imidazole rings is 1. The van der Waals surface area contributed by atoms with E-state index in [9.17, 15) is 9.59 Å². The first-order valence-corrected chi connectivity index (χ1v) is 5.23. The molecule has 6 nitrogen and oxygen atoms in total. The molecule has 0 saturated heterocycles. The maximum absolute atomic E-state index is 11.1. The van der Waals surface area contributed by atoms with Crippen molar-refractivity contribution < 1.29 is 9.90 Å². The van der Waals surface area contributed by atoms with Gasteiger partial charge in [0, 0.05) is 6.04 Å². The predicted molar refractivity (Wildman–Crippen MR) is 63.0 cm³/mol. The SMILES string of the molecule is CC(NCC(=O)O)c1ccc2[nH]c(=O)[nH]c2c1. The van der Waals surface area contributed by atoms with Gasteiger partial charge in [-0.2, -0.15) is 0 Å². The van der Waals surface area contributed by atoms with Crippen molar-refractivity contribution in [3.8, 4) is 0 Å². The number of aromatic nitrogens is 2. The fourth-order valence-electron chi connectivity index (χ4n) is 1.68. The third kappa shape index (κ3) is 2.54. The number of fused-ring (bicyclic) bond motifs is 1. The molecule has 0 spiro atoms. The Kier molecular flexibility index (Phi) is 2.97. The molecular formula is C11H13N3O3. The van der Waals surface area contributed by atoms with Gasteiger partial charge in [0.05, 0.1) is 17.6 Å². The van der Waals surface area contributed by atoms with Crippen LogP contribution in [0.2, 0.25) is 0 Å². The lowest BCUT2D eigenvalue weighted by Gasteiger charge is -2.12. The number of carboxylic acid groups (broad SMARTS) is 1. The molecule has 0 aliphatic heterocycles. The molecule has 0 aliphatic carbocycles. The van der Waals surface area contributed by atoms with E-state index in [0.717, 1.165) is 16.6 Å². The summed E-state index contributed by atoms with van der Waals surface area (Å²) in [7, 11) is 0. The first-order chi connectivity index (χ1) is 8.06. The summed E-state index contributed by atoms with van der Waals surface area (Å²) in [5.74, 6) is -0.895. The van der Waals surface area contributed by atoms with E-state index < -0.39 is 5.97 Å². The fraction of sp³-hybridized carbons (Fsp3) is 0.273. The van der Waals surface area contributed by atoms with Gasteiger partial charge in [-0.05, 0) is 24.6 Å². The summed E-state index contributed by atoms with van der Waals surface area (Å²) >= 11 is 0. The van der Waals surface area contributed by atoms with Crippen LogP contribution in [0.1, 0.15) is 18.5 Å². The van der Waals surface area contributed by atoms with E-state index in [2.05, 4.69) is 15.3 Å². The van der Waals surface area contributed by atoms with E-state index in [1.807, 2.05) is 19.1 Å². The quantitative estimate of drug-likeness (QED) is 0.623. The third-order valence-corrected chi connectivity index (χ3v) is 2.60. The molecule has 1 heterocycles. The second kappa shape index (κ2) is 4.42. The van der Waals surface area contributed by atoms with E-state index >= 15 is 0 Å². The number of H-pyrrole nitrogens is 2. The molecule has 2 rings (SSSR count). The van der Waals surface area contributed by atoms with Gasteiger partial charge in [-0.25, -0.2) is 4.79 Å². The Hall–Kier alpha value is -2.08. The molecule has 6 heteroatoms. The van der Waals surface area contributed by atoms with Crippen molar-refractivity contribution in [1.29, 1.82) is 0 Å². The minimum Gasteiger partial charge on any atom is -0.480 e. The lowest BCUT2D eigenvalue weighted by molar-refractivity contribution is -0.136. The van der Waals surface area contributed by atoms with Crippen LogP contribution in [0.25, 0.3) is 11.0 Å². The number of carbonyl (C=O) groups is 1. The van der Waals surface area contributed by atoms with Crippen LogP contribution in [0.15, 0.2) is 23.0 Å². The number of nitrogens with one attached hydrogen (secondary N) is 3. The van der Waals surface area contributed by atoms with Gasteiger partial charge in [-0.15, -0.1) is 0 Å². The predicted octanol–water partition coefficient (Wildman–Crippen LogP) is 0.591. The maximum Gasteiger partial charge on any atom is 0.323 e. The van der Waals surface area contributed by atoms with Crippen molar-refractivity contribution in [3.63, 3.8) is 0 Å². The molecule has 17 heavy (non-hydrogen) atoms. The number of benzene rings is 1. The van der Waals surface area contributed by atoms with E-state index in [1.54, 1.807) is 6.07 Å². The van der Waals surface area contributed by atoms with Gasteiger partial charge < -0.3 is 20.4 Å². The van der Waals surface area contributed by atoms with E-state index in [4.69, 9.17) is 5.11 Å². The number of aromatic amines is 2. The van der Waals surface area contributed by atoms with E-state index in [1.165, 1.54) is 0 Å². The Labute approximate surface area is 96.7 Å². The Balaban J connectivity index is 2.23. The highest BCUT2D eigenvalue weighted by Crippen LogP contribution is 2.16. The second-order valence-electron chi connectivity index (χ2n) is 3.88. The Bertz CT molecular complexity index is 599. The molecule has 1 aromatic carbocycles. The van der Waals surface area contributed by atoms with Crippen LogP contribution in [-0.4, -0.2) is 27.6 Å². The van der Waals surface area contributed by atoms with Crippen molar-refractivity contribution in [2.75, 3.05) is 6.54 Å². The van der Waals surface area contributed by atoms with Gasteiger partial charge in [0.1, 0.15) is 0 Å². The van der Waals surface area contributed by atoms with Crippen molar-refractivity contribution in [2.45, 2.75) is 13.0 Å². The summed E-state index contributed by atoms with van der Waals surface area (Å²) < 4.78 is 0. The average Bonchev–Trinajstić information content (AvgIpc) is 2.64. The number of rotatable bonds is 4. The van der Waals surface area contributed by atoms with Crippen LogP contribution in [0, 0.1) is 0 Å². The molecule has 4 N–H and O–H groups in total. The highest BCUT2D eigenvalue weighted by molar-refractivity contribution is 5.75. The zero-order valence-electron chi connectivity index (χ0n) is 9.28. The topological polar surface area (TPSA) is 98.0 Å². The molecule has 0 bridgehead atoms. The molecule has 90 valence electrons. The van der Waals surface area contributed by atoms with Crippen LogP contribution in [-0.2, 0) is 4.79 Å². The van der Waals surface area contributed by atoms with Crippen LogP contribution >= 0.6 is 0 Å². The first-order valence-electron chi connectivity index (χ1n) is 5.23. The summed E-state index contributed by atoms with van der Waals surface area (Å²) in [6, 6.07) is 5.38. The fourth-order valence-corrected chi connectivity index (χ4v) is 1.68. The standard InChI is InChI=1S/C11H13N3O3/c1-6(12-5-10(15)16)7-2-3-8-9(4-7)14-11(17)13-8/h2-4,6,12H,5H2,1H3,(H,15,16)(H2,13,14,17). The van der Waals surface area contributed by atoms with Crippen LogP contribution < -0.4 is 11.0 Å². The number of hydrogen-bond acceptors (Lipinski definition) is 3. The maximum atomic E-state index is 11.1. The molecular weight excluding hydrogens is 222 g/mol. The first kappa shape index (κ1) is 11.4. The zero-order chi connectivity index (χ0) is 12.4. The number of carboxylic acids is 1. The molecule has 1 unspecified atom stereocenters. The molecule has 0 amide bonds. The van der Waals surface area contributed by atoms with Gasteiger partial charge in [0.25, 0.3) is 0 Å². The van der Waals surface area contributed by atoms with E-state index in [0.29, 0.717) is 0 Å². The summed E-state index contributed by atoms with van der Waals surface area (Å²) in [5, 5.41) is 11.4. The van der Waals surface area contributed by atoms with E-state index in [-0.39, 0.29) is 18.3 Å². The van der Waals surface area contributed by atoms with Crippen molar-refractivity contribution in [2.24, 2.45) is 0 Å². The molecule has 0 fully saturated rings. The summed E-state index contributed by atoms with van der Waals surface area (Å²) in [6.45, 7) is 1.78. The Morgan fingerprint density at radius 2 is 2.12 bits per heavy atom. The molecule has 1 atom stereocenters. The zero-order valence-corrected chi connectivity index (χ0v) is 9.28. The summed E-state index contributed by atoms with van der Waals surface area (Å²) in [5.41, 5.74) is 2.14. The number of aliphatic carboxylic acids is 1. The second-order valence-corrected chi connectivity index (χ2v) is 3.88. The molecule has 0 aliphatic rings. The average molecular weight is 235 g/mol. The molecule has 0 radical (unpaired) electrons. The van der Waals surface area contributed by atoms with Crippen molar-refractivity contribution in [3.05, 3.63) is 34.2 Å². The summed E-state index contributed by atoms with van der Waals surface area (Å²) in [4.78, 5) is 26.8. The summed E-state index contributed by atoms with van der Waals surface area (Å²) in [6.07, 6.45) is 0. The lowest BCUT2D eigenvalue weighted by atomic mass is 10.1. The lowest BCUT2D eigenvalue weighted by Crippen LogP contribution is -2.25. The Morgan fingerprint density at radius 1 is 1.41 bits per heavy atom. The highest BCUT2D eigenvalue weighted by atomic mass is 16.4. The van der Waals surface area contributed by atoms with Crippen molar-refractivity contribution in [1.82, 2.24) is 15.3 Å². The van der Waals surface area contributed by atoms with Gasteiger partial charge in [0.2, 0.25) is 0 Å². The van der Waals surface area contributed by atoms with Gasteiger partial charge >= 0.3 is 11.7 Å². The number of hydrogen-bond donors (Lipinski definition) is 4. The van der Waals surface area contributed by atoms with Gasteiger partial charge in [-0.1, -0.05) is 6.07 Å². The highest BCUT2D eigenvalue weighted by Gasteiger charge is 2.08. The normalized spacial score (nSPS) is 12.8. The molecule has 2 aromatic rings. The van der Waals surface area contributed by atoms with Crippen LogP contribution in [0.5, 0.6) is 0 Å². The van der Waals surface area contributed by atoms with Crippen LogP contribution in [0.4, 0.5) is 0 Å². The van der Waals surface area contributed by atoms with Gasteiger partial charge in [-0.3, -0.25) is 4.79 Å². The van der Waals surface area contributed by atoms with Gasteiger partial charge in [0.15, 0.2) is 0 Å². The third-order valence-electron chi connectivity index (χ3n) is 2.60. The smallest absolute Gasteiger partial charge is 0.323 e. The molecule has 0 saturated carbocycles. The molecule has 1 aromatic heterocycles. The minimum atomic E-state index is -0.895. The van der Waals surface area contributed by atoms with Crippen molar-refractivity contribution >= 4 is 17.0 Å².